The number of benzene rings is 1. The number of carbonyl (C=O) groups excluding carboxylic acids is 1. The SMILES string of the molecule is COC(=O)C[C@H]1OC[C@@H](C)[C@@H]1[Si](C)(C)c1ccccc1. The van der Waals surface area contributed by atoms with Crippen LogP contribution in [0.2, 0.25) is 18.6 Å². The van der Waals surface area contributed by atoms with Crippen LogP contribution in [-0.2, 0) is 14.3 Å². The average Bonchev–Trinajstić information content (AvgIpc) is 2.81. The molecule has 0 bridgehead atoms. The van der Waals surface area contributed by atoms with Crippen LogP contribution < -0.4 is 5.19 Å². The Bertz CT molecular complexity index is 458. The number of esters is 1. The van der Waals surface area contributed by atoms with Gasteiger partial charge in [-0.15, -0.1) is 0 Å². The van der Waals surface area contributed by atoms with Gasteiger partial charge in [0, 0.05) is 6.61 Å². The van der Waals surface area contributed by atoms with E-state index in [9.17, 15) is 4.79 Å². The monoisotopic (exact) mass is 292 g/mol. The number of hydrogen-bond acceptors (Lipinski definition) is 3. The van der Waals surface area contributed by atoms with E-state index in [2.05, 4.69) is 50.3 Å². The Morgan fingerprint density at radius 2 is 2.00 bits per heavy atom. The van der Waals surface area contributed by atoms with Gasteiger partial charge in [0.1, 0.15) is 0 Å². The zero-order chi connectivity index (χ0) is 14.8. The quantitative estimate of drug-likeness (QED) is 0.632. The second-order valence-corrected chi connectivity index (χ2v) is 10.9. The zero-order valence-corrected chi connectivity index (χ0v) is 13.8. The van der Waals surface area contributed by atoms with E-state index in [0.29, 0.717) is 17.9 Å². The fraction of sp³-hybridized carbons (Fsp3) is 0.562. The highest BCUT2D eigenvalue weighted by Crippen LogP contribution is 2.41. The summed E-state index contributed by atoms with van der Waals surface area (Å²) in [5, 5.41) is 1.43. The molecule has 1 aliphatic rings. The van der Waals surface area contributed by atoms with Gasteiger partial charge in [0.15, 0.2) is 0 Å². The van der Waals surface area contributed by atoms with Crippen LogP contribution in [0.5, 0.6) is 0 Å². The molecular weight excluding hydrogens is 268 g/mol. The molecule has 0 unspecified atom stereocenters. The van der Waals surface area contributed by atoms with Crippen LogP contribution in [0, 0.1) is 5.92 Å². The van der Waals surface area contributed by atoms with Gasteiger partial charge in [-0.3, -0.25) is 4.79 Å². The fourth-order valence-electron chi connectivity index (χ4n) is 3.52. The van der Waals surface area contributed by atoms with Gasteiger partial charge >= 0.3 is 5.97 Å². The lowest BCUT2D eigenvalue weighted by atomic mass is 10.1. The predicted molar refractivity (Wildman–Crippen MR) is 82.8 cm³/mol. The van der Waals surface area contributed by atoms with Crippen LogP contribution >= 0.6 is 0 Å². The molecule has 1 aromatic carbocycles. The summed E-state index contributed by atoms with van der Waals surface area (Å²) in [7, 11) is -0.245. The van der Waals surface area contributed by atoms with Gasteiger partial charge in [0.05, 0.1) is 27.7 Å². The molecule has 20 heavy (non-hydrogen) atoms. The molecule has 0 spiro atoms. The topological polar surface area (TPSA) is 35.5 Å². The predicted octanol–water partition coefficient (Wildman–Crippen LogP) is 2.57. The molecule has 3 atom stereocenters. The average molecular weight is 292 g/mol. The molecule has 1 aromatic rings. The van der Waals surface area contributed by atoms with Crippen LogP contribution in [0.25, 0.3) is 0 Å². The number of hydrogen-bond donors (Lipinski definition) is 0. The van der Waals surface area contributed by atoms with Crippen LogP contribution in [0.15, 0.2) is 30.3 Å². The van der Waals surface area contributed by atoms with Crippen LogP contribution in [0.3, 0.4) is 0 Å². The molecule has 110 valence electrons. The van der Waals surface area contributed by atoms with E-state index in [1.807, 2.05) is 0 Å². The standard InChI is InChI=1S/C16H24O3Si/c1-12-11-19-14(10-15(17)18-2)16(12)20(3,4)13-8-6-5-7-9-13/h5-9,12,14,16H,10-11H2,1-4H3/t12-,14-,16+/m1/s1. The van der Waals surface area contributed by atoms with E-state index in [0.717, 1.165) is 6.61 Å². The first kappa shape index (κ1) is 15.3. The summed E-state index contributed by atoms with van der Waals surface area (Å²) in [5.74, 6) is 0.318. The van der Waals surface area contributed by atoms with Gasteiger partial charge in [-0.1, -0.05) is 55.5 Å². The van der Waals surface area contributed by atoms with Crippen molar-refractivity contribution in [2.75, 3.05) is 13.7 Å². The van der Waals surface area contributed by atoms with E-state index in [1.165, 1.54) is 12.3 Å². The van der Waals surface area contributed by atoms with Crippen molar-refractivity contribution in [3.05, 3.63) is 30.3 Å². The maximum Gasteiger partial charge on any atom is 0.308 e. The van der Waals surface area contributed by atoms with E-state index in [4.69, 9.17) is 9.47 Å². The van der Waals surface area contributed by atoms with E-state index < -0.39 is 8.07 Å². The van der Waals surface area contributed by atoms with E-state index in [-0.39, 0.29) is 12.1 Å². The maximum atomic E-state index is 11.6. The minimum atomic E-state index is -1.68. The molecule has 3 nitrogen and oxygen atoms in total. The number of methoxy groups -OCH3 is 1. The largest absolute Gasteiger partial charge is 0.469 e. The summed E-state index contributed by atoms with van der Waals surface area (Å²) < 4.78 is 10.7. The molecule has 1 heterocycles. The highest BCUT2D eigenvalue weighted by molar-refractivity contribution is 6.91. The molecular formula is C16H24O3Si. The lowest BCUT2D eigenvalue weighted by Gasteiger charge is -2.35. The third-order valence-corrected chi connectivity index (χ3v) is 8.96. The third kappa shape index (κ3) is 2.96. The molecule has 1 fully saturated rings. The molecule has 0 N–H and O–H groups in total. The molecule has 1 aliphatic heterocycles. The van der Waals surface area contributed by atoms with Crippen LogP contribution in [-0.4, -0.2) is 33.9 Å². The van der Waals surface area contributed by atoms with E-state index >= 15 is 0 Å². The van der Waals surface area contributed by atoms with Gasteiger partial charge < -0.3 is 9.47 Å². The van der Waals surface area contributed by atoms with Crippen molar-refractivity contribution in [1.82, 2.24) is 0 Å². The highest BCUT2D eigenvalue weighted by atomic mass is 28.3. The van der Waals surface area contributed by atoms with Gasteiger partial charge in [0.2, 0.25) is 0 Å². The maximum absolute atomic E-state index is 11.6. The second-order valence-electron chi connectivity index (χ2n) is 6.24. The first-order valence-corrected chi connectivity index (χ1v) is 10.3. The van der Waals surface area contributed by atoms with Gasteiger partial charge in [-0.25, -0.2) is 0 Å². The lowest BCUT2D eigenvalue weighted by molar-refractivity contribution is -0.143. The summed E-state index contributed by atoms with van der Waals surface area (Å²) in [6, 6.07) is 10.7. The van der Waals surface area contributed by atoms with Crippen molar-refractivity contribution >= 4 is 19.2 Å². The zero-order valence-electron chi connectivity index (χ0n) is 12.8. The Kier molecular flexibility index (Phi) is 4.65. The minimum Gasteiger partial charge on any atom is -0.469 e. The van der Waals surface area contributed by atoms with Crippen molar-refractivity contribution < 1.29 is 14.3 Å². The molecule has 0 saturated carbocycles. The summed E-state index contributed by atoms with van der Waals surface area (Å²) in [4.78, 5) is 11.6. The first-order valence-electron chi connectivity index (χ1n) is 7.20. The summed E-state index contributed by atoms with van der Waals surface area (Å²) in [5.41, 5.74) is 0.448. The summed E-state index contributed by atoms with van der Waals surface area (Å²) in [6.45, 7) is 7.74. The van der Waals surface area contributed by atoms with Crippen molar-refractivity contribution in [3.63, 3.8) is 0 Å². The van der Waals surface area contributed by atoms with Crippen LogP contribution in [0.1, 0.15) is 13.3 Å². The molecule has 0 aliphatic carbocycles. The summed E-state index contributed by atoms with van der Waals surface area (Å²) >= 11 is 0. The van der Waals surface area contributed by atoms with Crippen molar-refractivity contribution in [2.24, 2.45) is 5.92 Å². The summed E-state index contributed by atoms with van der Waals surface area (Å²) in [6.07, 6.45) is 0.369. The Morgan fingerprint density at radius 1 is 1.35 bits per heavy atom. The molecule has 0 amide bonds. The molecule has 1 saturated heterocycles. The molecule has 4 heteroatoms. The number of carbonyl (C=O) groups is 1. The van der Waals surface area contributed by atoms with Crippen LogP contribution in [0.4, 0.5) is 0 Å². The van der Waals surface area contributed by atoms with Gasteiger partial charge in [-0.05, 0) is 11.5 Å². The Labute approximate surface area is 122 Å². The third-order valence-electron chi connectivity index (χ3n) is 4.53. The fourth-order valence-corrected chi connectivity index (χ4v) is 7.62. The highest BCUT2D eigenvalue weighted by Gasteiger charge is 2.47. The molecule has 0 radical (unpaired) electrons. The Morgan fingerprint density at radius 3 is 2.60 bits per heavy atom. The van der Waals surface area contributed by atoms with Crippen molar-refractivity contribution in [2.45, 2.75) is 38.1 Å². The minimum absolute atomic E-state index is 0.000627. The smallest absolute Gasteiger partial charge is 0.308 e. The lowest BCUT2D eigenvalue weighted by Crippen LogP contribution is -2.50. The van der Waals surface area contributed by atoms with Crippen molar-refractivity contribution in [1.29, 1.82) is 0 Å². The van der Waals surface area contributed by atoms with Gasteiger partial charge in [0.25, 0.3) is 0 Å². The second kappa shape index (κ2) is 6.10. The Hall–Kier alpha value is -1.13. The van der Waals surface area contributed by atoms with Crippen molar-refractivity contribution in [3.8, 4) is 0 Å². The number of ether oxygens (including phenoxy) is 2. The Balaban J connectivity index is 2.25. The first-order chi connectivity index (χ1) is 9.46. The molecule has 2 rings (SSSR count). The normalized spacial score (nSPS) is 26.5. The number of rotatable bonds is 4. The van der Waals surface area contributed by atoms with Gasteiger partial charge in [-0.2, -0.15) is 0 Å². The molecule has 0 aromatic heterocycles. The van der Waals surface area contributed by atoms with E-state index in [1.54, 1.807) is 0 Å².